The van der Waals surface area contributed by atoms with Gasteiger partial charge in [0, 0.05) is 22.3 Å². The first-order valence-electron chi connectivity index (χ1n) is 8.01. The third kappa shape index (κ3) is 4.03. The maximum absolute atomic E-state index is 13.0. The van der Waals surface area contributed by atoms with E-state index in [0.717, 1.165) is 34.3 Å². The molecule has 0 aliphatic carbocycles. The minimum atomic E-state index is -4.60. The summed E-state index contributed by atoms with van der Waals surface area (Å²) in [4.78, 5) is 15.6. The van der Waals surface area contributed by atoms with Crippen molar-refractivity contribution >= 4 is 34.1 Å². The molecular weight excluding hydrogens is 381 g/mol. The summed E-state index contributed by atoms with van der Waals surface area (Å²) >= 11 is 5.60. The Kier molecular flexibility index (Phi) is 5.06. The first-order chi connectivity index (χ1) is 12.7. The summed E-state index contributed by atoms with van der Waals surface area (Å²) in [5, 5.41) is 2.91. The van der Waals surface area contributed by atoms with Crippen molar-refractivity contribution in [3.05, 3.63) is 58.2 Å². The second-order valence-corrected chi connectivity index (χ2v) is 6.46. The van der Waals surface area contributed by atoms with Crippen LogP contribution in [0.15, 0.2) is 36.4 Å². The zero-order valence-electron chi connectivity index (χ0n) is 14.5. The van der Waals surface area contributed by atoms with Crippen molar-refractivity contribution in [1.29, 1.82) is 0 Å². The average molecular weight is 397 g/mol. The van der Waals surface area contributed by atoms with Crippen molar-refractivity contribution in [2.45, 2.75) is 19.5 Å². The number of ether oxygens (including phenoxy) is 1. The summed E-state index contributed by atoms with van der Waals surface area (Å²) in [6, 6.07) is 8.73. The SMILES string of the molecule is COc1ccc2[nH]c(C)c(CC(=O)Nc3ccc(Cl)c(C(F)(F)F)c3)c2c1. The lowest BCUT2D eigenvalue weighted by Gasteiger charge is -2.12. The lowest BCUT2D eigenvalue weighted by molar-refractivity contribution is -0.137. The molecule has 0 bridgehead atoms. The molecule has 0 unspecified atom stereocenters. The summed E-state index contributed by atoms with van der Waals surface area (Å²) in [6.45, 7) is 1.83. The fourth-order valence-electron chi connectivity index (χ4n) is 2.90. The summed E-state index contributed by atoms with van der Waals surface area (Å²) < 4.78 is 44.1. The van der Waals surface area contributed by atoms with Crippen LogP contribution >= 0.6 is 11.6 Å². The number of carbonyl (C=O) groups is 1. The van der Waals surface area contributed by atoms with E-state index in [1.54, 1.807) is 13.2 Å². The Morgan fingerprint density at radius 1 is 1.22 bits per heavy atom. The molecule has 142 valence electrons. The second kappa shape index (κ2) is 7.15. The molecule has 0 saturated carbocycles. The van der Waals surface area contributed by atoms with Crippen LogP contribution in [0, 0.1) is 6.92 Å². The molecule has 0 atom stereocenters. The lowest BCUT2D eigenvalue weighted by atomic mass is 10.1. The molecule has 0 radical (unpaired) electrons. The van der Waals surface area contributed by atoms with E-state index in [0.29, 0.717) is 5.75 Å². The van der Waals surface area contributed by atoms with Crippen LogP contribution in [-0.2, 0) is 17.4 Å². The molecule has 8 heteroatoms. The Labute approximate surface area is 158 Å². The number of aromatic nitrogens is 1. The minimum Gasteiger partial charge on any atom is -0.497 e. The molecule has 2 aromatic carbocycles. The van der Waals surface area contributed by atoms with Crippen molar-refractivity contribution in [2.24, 2.45) is 0 Å². The molecule has 1 heterocycles. The normalized spacial score (nSPS) is 11.6. The van der Waals surface area contributed by atoms with Gasteiger partial charge in [0.1, 0.15) is 5.75 Å². The Bertz CT molecular complexity index is 1010. The number of methoxy groups -OCH3 is 1. The quantitative estimate of drug-likeness (QED) is 0.625. The Balaban J connectivity index is 1.85. The number of aromatic amines is 1. The smallest absolute Gasteiger partial charge is 0.417 e. The van der Waals surface area contributed by atoms with E-state index in [4.69, 9.17) is 16.3 Å². The van der Waals surface area contributed by atoms with Crippen LogP contribution < -0.4 is 10.1 Å². The average Bonchev–Trinajstić information content (AvgIpc) is 2.90. The molecule has 0 aliphatic rings. The highest BCUT2D eigenvalue weighted by Gasteiger charge is 2.33. The topological polar surface area (TPSA) is 54.1 Å². The second-order valence-electron chi connectivity index (χ2n) is 6.06. The van der Waals surface area contributed by atoms with Crippen LogP contribution in [0.1, 0.15) is 16.8 Å². The summed E-state index contributed by atoms with van der Waals surface area (Å²) in [5.41, 5.74) is 1.45. The number of hydrogen-bond acceptors (Lipinski definition) is 2. The molecule has 1 aromatic heterocycles. The van der Waals surface area contributed by atoms with Gasteiger partial charge in [-0.05, 0) is 48.9 Å². The maximum Gasteiger partial charge on any atom is 0.417 e. The highest BCUT2D eigenvalue weighted by molar-refractivity contribution is 6.31. The molecule has 0 spiro atoms. The van der Waals surface area contributed by atoms with Gasteiger partial charge in [-0.25, -0.2) is 0 Å². The summed E-state index contributed by atoms with van der Waals surface area (Å²) in [5.74, 6) is 0.216. The highest BCUT2D eigenvalue weighted by Crippen LogP contribution is 2.36. The van der Waals surface area contributed by atoms with Gasteiger partial charge in [0.05, 0.1) is 24.1 Å². The molecule has 0 aliphatic heterocycles. The van der Waals surface area contributed by atoms with Crippen molar-refractivity contribution in [3.8, 4) is 5.75 Å². The van der Waals surface area contributed by atoms with Gasteiger partial charge in [-0.2, -0.15) is 13.2 Å². The van der Waals surface area contributed by atoms with Crippen molar-refractivity contribution in [2.75, 3.05) is 12.4 Å². The first-order valence-corrected chi connectivity index (χ1v) is 8.38. The van der Waals surface area contributed by atoms with E-state index in [1.165, 1.54) is 6.07 Å². The van der Waals surface area contributed by atoms with Gasteiger partial charge in [0.25, 0.3) is 0 Å². The third-order valence-electron chi connectivity index (χ3n) is 4.22. The number of hydrogen-bond donors (Lipinski definition) is 2. The monoisotopic (exact) mass is 396 g/mol. The maximum atomic E-state index is 13.0. The zero-order valence-corrected chi connectivity index (χ0v) is 15.3. The van der Waals surface area contributed by atoms with E-state index in [2.05, 4.69) is 10.3 Å². The Hall–Kier alpha value is -2.67. The van der Waals surface area contributed by atoms with Crippen LogP contribution in [0.4, 0.5) is 18.9 Å². The number of H-pyrrole nitrogens is 1. The molecular formula is C19H16ClF3N2O2. The number of fused-ring (bicyclic) bond motifs is 1. The first kappa shape index (κ1) is 19.1. The van der Waals surface area contributed by atoms with Gasteiger partial charge in [-0.1, -0.05) is 11.6 Å². The largest absolute Gasteiger partial charge is 0.497 e. The zero-order chi connectivity index (χ0) is 19.8. The van der Waals surface area contributed by atoms with Crippen molar-refractivity contribution in [3.63, 3.8) is 0 Å². The van der Waals surface area contributed by atoms with Gasteiger partial charge in [-0.15, -0.1) is 0 Å². The summed E-state index contributed by atoms with van der Waals surface area (Å²) in [7, 11) is 1.55. The molecule has 1 amide bonds. The highest BCUT2D eigenvalue weighted by atomic mass is 35.5. The van der Waals surface area contributed by atoms with E-state index in [-0.39, 0.29) is 12.1 Å². The molecule has 0 saturated heterocycles. The fraction of sp³-hybridized carbons (Fsp3) is 0.211. The molecule has 0 fully saturated rings. The Morgan fingerprint density at radius 3 is 2.63 bits per heavy atom. The van der Waals surface area contributed by atoms with Gasteiger partial charge in [0.2, 0.25) is 5.91 Å². The molecule has 3 aromatic rings. The lowest BCUT2D eigenvalue weighted by Crippen LogP contribution is -2.16. The molecule has 2 N–H and O–H groups in total. The fourth-order valence-corrected chi connectivity index (χ4v) is 3.13. The minimum absolute atomic E-state index is 0.00295. The van der Waals surface area contributed by atoms with Crippen molar-refractivity contribution < 1.29 is 22.7 Å². The number of rotatable bonds is 4. The Morgan fingerprint density at radius 2 is 1.96 bits per heavy atom. The van der Waals surface area contributed by atoms with Gasteiger partial charge in [-0.3, -0.25) is 4.79 Å². The van der Waals surface area contributed by atoms with Crippen LogP contribution in [0.25, 0.3) is 10.9 Å². The predicted octanol–water partition coefficient (Wildman–Crippen LogP) is 5.34. The van der Waals surface area contributed by atoms with E-state index in [9.17, 15) is 18.0 Å². The van der Waals surface area contributed by atoms with Gasteiger partial charge >= 0.3 is 6.18 Å². The van der Waals surface area contributed by atoms with Crippen LogP contribution in [0.3, 0.4) is 0 Å². The molecule has 27 heavy (non-hydrogen) atoms. The van der Waals surface area contributed by atoms with E-state index in [1.807, 2.05) is 19.1 Å². The standard InChI is InChI=1S/C19H16ClF3N2O2/c1-10-13(14-8-12(27-2)4-6-17(14)24-10)9-18(26)25-11-3-5-16(20)15(7-11)19(21,22)23/h3-8,24H,9H2,1-2H3,(H,25,26). The molecule has 3 rings (SSSR count). The summed E-state index contributed by atoms with van der Waals surface area (Å²) in [6.07, 6.45) is -4.59. The number of aryl methyl sites for hydroxylation is 1. The predicted molar refractivity (Wildman–Crippen MR) is 98.4 cm³/mol. The van der Waals surface area contributed by atoms with Crippen LogP contribution in [-0.4, -0.2) is 18.0 Å². The number of alkyl halides is 3. The third-order valence-corrected chi connectivity index (χ3v) is 4.55. The van der Waals surface area contributed by atoms with E-state index >= 15 is 0 Å². The van der Waals surface area contributed by atoms with Gasteiger partial charge < -0.3 is 15.0 Å². The van der Waals surface area contributed by atoms with E-state index < -0.39 is 22.7 Å². The van der Waals surface area contributed by atoms with Crippen LogP contribution in [0.5, 0.6) is 5.75 Å². The van der Waals surface area contributed by atoms with Crippen LogP contribution in [0.2, 0.25) is 5.02 Å². The number of amides is 1. The number of nitrogens with one attached hydrogen (secondary N) is 2. The number of halogens is 4. The molecule has 4 nitrogen and oxygen atoms in total. The number of anilines is 1. The number of benzene rings is 2. The van der Waals surface area contributed by atoms with Crippen molar-refractivity contribution in [1.82, 2.24) is 4.98 Å². The van der Waals surface area contributed by atoms with Gasteiger partial charge in [0.15, 0.2) is 0 Å². The number of carbonyl (C=O) groups excluding carboxylic acids is 1.